The van der Waals surface area contributed by atoms with Gasteiger partial charge in [-0.3, -0.25) is 0 Å². The summed E-state index contributed by atoms with van der Waals surface area (Å²) >= 11 is 1.69. The van der Waals surface area contributed by atoms with Crippen molar-refractivity contribution in [2.75, 3.05) is 0 Å². The van der Waals surface area contributed by atoms with Gasteiger partial charge in [0.2, 0.25) is 0 Å². The first-order valence-electron chi connectivity index (χ1n) is 0.154. The van der Waals surface area contributed by atoms with Gasteiger partial charge in [-0.15, -0.1) is 0 Å². The maximum atomic E-state index is 8.06. The van der Waals surface area contributed by atoms with Crippen LogP contribution in [0.4, 0.5) is 0 Å². The third-order valence-electron chi connectivity index (χ3n) is 0. The quantitative estimate of drug-likeness (QED) is 0.419. The van der Waals surface area contributed by atoms with Crippen LogP contribution in [-0.2, 0) is 70.1 Å². The van der Waals surface area contributed by atoms with Crippen molar-refractivity contribution in [1.29, 1.82) is 0 Å². The Morgan fingerprint density at radius 2 is 1.33 bits per heavy atom. The second-order valence-electron chi connectivity index (χ2n) is 0. The first kappa shape index (κ1) is 39.5. The molecule has 0 saturated carbocycles. The minimum atomic E-state index is 0. The third kappa shape index (κ3) is 32.0. The van der Waals surface area contributed by atoms with E-state index >= 15 is 0 Å². The van der Waals surface area contributed by atoms with Crippen molar-refractivity contribution in [1.82, 2.24) is 0 Å². The topological polar surface area (TPSA) is 17.1 Å². The van der Waals surface area contributed by atoms with E-state index in [2.05, 4.69) is 0 Å². The second kappa shape index (κ2) is 51.9. The van der Waals surface area contributed by atoms with E-state index in [9.17, 15) is 0 Å². The number of hydrogen-bond acceptors (Lipinski definition) is 1. The van der Waals surface area contributed by atoms with Crippen LogP contribution < -0.4 is 18.9 Å². The molecule has 0 amide bonds. The van der Waals surface area contributed by atoms with Gasteiger partial charge >= 0.3 is 38.6 Å². The van der Waals surface area contributed by atoms with Crippen LogP contribution >= 0.6 is 0 Å². The molecule has 0 atom stereocenters. The van der Waals surface area contributed by atoms with E-state index in [4.69, 9.17) is 3.83 Å². The van der Waals surface area contributed by atoms with E-state index in [0.29, 0.717) is 0 Å². The van der Waals surface area contributed by atoms with Gasteiger partial charge < -0.3 is 1.43 Å². The Morgan fingerprint density at radius 3 is 1.33 bits per heavy atom. The van der Waals surface area contributed by atoms with Crippen molar-refractivity contribution in [2.45, 2.75) is 0 Å². The van der Waals surface area contributed by atoms with Gasteiger partial charge in [-0.05, 0) is 0 Å². The molecular formula is HCoLiMn2NiO. The average Bonchev–Trinajstić information content (AvgIpc) is 1.00. The van der Waals surface area contributed by atoms with Crippen LogP contribution in [0, 0.1) is 0 Å². The zero-order valence-corrected chi connectivity index (χ0v) is 7.20. The Hall–Kier alpha value is 2.44. The van der Waals surface area contributed by atoms with Crippen molar-refractivity contribution in [2.24, 2.45) is 0 Å². The second-order valence-corrected chi connectivity index (χ2v) is 0. The Labute approximate surface area is 89.4 Å². The summed E-state index contributed by atoms with van der Waals surface area (Å²) in [6, 6.07) is 0. The van der Waals surface area contributed by atoms with Crippen LogP contribution in [0.2, 0.25) is 0 Å². The average molecular weight is 251 g/mol. The van der Waals surface area contributed by atoms with Crippen LogP contribution in [0.3, 0.4) is 0 Å². The first-order valence-corrected chi connectivity index (χ1v) is 0.636. The van der Waals surface area contributed by atoms with Crippen LogP contribution in [0.25, 0.3) is 0 Å². The van der Waals surface area contributed by atoms with E-state index in [0.717, 1.165) is 0 Å². The fourth-order valence-electron chi connectivity index (χ4n) is 0. The van der Waals surface area contributed by atoms with Crippen LogP contribution in [-0.4, -0.2) is 0 Å². The molecule has 0 fully saturated rings. The summed E-state index contributed by atoms with van der Waals surface area (Å²) in [7, 11) is 0. The molecule has 0 aliphatic carbocycles. The molecule has 0 unspecified atom stereocenters. The molecule has 0 saturated heterocycles. The molecule has 2 radical (unpaired) electrons. The standard InChI is InChI=1S/Co.Li.2Mn.Ni.O.H/q;+1;;;;;-1. The maximum absolute atomic E-state index is 8.06. The molecule has 0 heterocycles. The van der Waals surface area contributed by atoms with Gasteiger partial charge in [-0.2, -0.15) is 0 Å². The third-order valence-corrected chi connectivity index (χ3v) is 0. The van der Waals surface area contributed by atoms with Gasteiger partial charge in [0.1, 0.15) is 0 Å². The molecule has 0 rings (SSSR count). The van der Waals surface area contributed by atoms with Crippen LogP contribution in [0.5, 0.6) is 0 Å². The summed E-state index contributed by atoms with van der Waals surface area (Å²) < 4.78 is 8.06. The predicted octanol–water partition coefficient (Wildman–Crippen LogP) is -3.01. The monoisotopic (exact) mass is 251 g/mol. The Bertz CT molecular complexity index is 17.7. The summed E-state index contributed by atoms with van der Waals surface area (Å²) in [5.74, 6) is 0. The van der Waals surface area contributed by atoms with Gasteiger partial charge in [0.05, 0.1) is 0 Å². The molecule has 0 aromatic carbocycles. The molecule has 0 aromatic rings. The van der Waals surface area contributed by atoms with Crippen LogP contribution in [0.15, 0.2) is 0 Å². The Balaban J connectivity index is -0.000000000500. The van der Waals surface area contributed by atoms with Gasteiger partial charge in [-0.25, -0.2) is 0 Å². The van der Waals surface area contributed by atoms with E-state index in [1.165, 1.54) is 0 Å². The van der Waals surface area contributed by atoms with Gasteiger partial charge in [0, 0.05) is 50.3 Å². The van der Waals surface area contributed by atoms with Crippen molar-refractivity contribution in [3.63, 3.8) is 0 Å². The normalized spacial score (nSPS) is 0.667. The van der Waals surface area contributed by atoms with Crippen molar-refractivity contribution in [3.05, 3.63) is 0 Å². The molecule has 0 aromatic heterocycles. The zero-order chi connectivity index (χ0) is 2.00. The Morgan fingerprint density at radius 1 is 1.33 bits per heavy atom. The van der Waals surface area contributed by atoms with Crippen molar-refractivity contribution < 1.29 is 90.4 Å². The molecule has 41 valence electrons. The van der Waals surface area contributed by atoms with Gasteiger partial charge in [0.15, 0.2) is 0 Å². The molecule has 0 N–H and O–H groups in total. The molecule has 6 heavy (non-hydrogen) atoms. The molecule has 6 heteroatoms. The fourth-order valence-corrected chi connectivity index (χ4v) is 0. The summed E-state index contributed by atoms with van der Waals surface area (Å²) in [5.41, 5.74) is 0. The molecule has 0 spiro atoms. The summed E-state index contributed by atoms with van der Waals surface area (Å²) in [6.07, 6.45) is 0. The Kier molecular flexibility index (Phi) is 342. The van der Waals surface area contributed by atoms with E-state index in [1.807, 2.05) is 0 Å². The summed E-state index contributed by atoms with van der Waals surface area (Å²) in [6.45, 7) is 0. The van der Waals surface area contributed by atoms with Gasteiger partial charge in [0.25, 0.3) is 0 Å². The SMILES string of the molecule is [Co].[H-].[Li+].[Mn].[Ni].[O]=[Mn]. The summed E-state index contributed by atoms with van der Waals surface area (Å²) in [5, 5.41) is 0. The zero-order valence-electron chi connectivity index (χ0n) is 3.81. The van der Waals surface area contributed by atoms with E-state index in [1.54, 1.807) is 15.9 Å². The fraction of sp³-hybridized carbons (Fsp3) is 0. The number of hydrogen-bond donors (Lipinski definition) is 0. The van der Waals surface area contributed by atoms with E-state index < -0.39 is 0 Å². The molecule has 0 aliphatic heterocycles. The number of rotatable bonds is 0. The van der Waals surface area contributed by atoms with Gasteiger partial charge in [-0.1, -0.05) is 0 Å². The minimum absolute atomic E-state index is 0. The molecular weight excluding hydrogens is 250 g/mol. The summed E-state index contributed by atoms with van der Waals surface area (Å²) in [4.78, 5) is 0. The molecule has 0 bridgehead atoms. The predicted molar refractivity (Wildman–Crippen MR) is 1.80 cm³/mol. The molecule has 0 aliphatic rings. The van der Waals surface area contributed by atoms with Crippen molar-refractivity contribution in [3.8, 4) is 0 Å². The van der Waals surface area contributed by atoms with Crippen LogP contribution in [0.1, 0.15) is 1.43 Å². The van der Waals surface area contributed by atoms with E-state index in [-0.39, 0.29) is 70.6 Å². The van der Waals surface area contributed by atoms with Crippen molar-refractivity contribution >= 4 is 0 Å². The molecule has 1 nitrogen and oxygen atoms in total. The first-order chi connectivity index (χ1) is 1.00.